The highest BCUT2D eigenvalue weighted by molar-refractivity contribution is 6.02. The second-order valence-corrected chi connectivity index (χ2v) is 9.18. The van der Waals surface area contributed by atoms with Crippen LogP contribution in [0.4, 0.5) is 18.9 Å². The molecule has 1 heterocycles. The number of carbonyl (C=O) groups is 2. The molecular weight excluding hydrogens is 541 g/mol. The molecule has 1 aliphatic rings. The Morgan fingerprint density at radius 1 is 1.00 bits per heavy atom. The van der Waals surface area contributed by atoms with Crippen LogP contribution in [0.2, 0.25) is 0 Å². The number of unbranched alkanes of at least 4 members (excludes halogenated alkanes) is 2. The highest BCUT2D eigenvalue weighted by atomic mass is 19.4. The van der Waals surface area contributed by atoms with E-state index in [1.54, 1.807) is 29.2 Å². The van der Waals surface area contributed by atoms with Crippen LogP contribution in [-0.4, -0.2) is 37.0 Å². The van der Waals surface area contributed by atoms with E-state index in [0.29, 0.717) is 36.7 Å². The third-order valence-electron chi connectivity index (χ3n) is 6.26. The van der Waals surface area contributed by atoms with Crippen LogP contribution in [-0.2, 0) is 21.0 Å². The number of ether oxygens (including phenoxy) is 2. The number of fused-ring (bicyclic) bond motifs is 1. The van der Waals surface area contributed by atoms with Gasteiger partial charge in [0.2, 0.25) is 6.10 Å². The Bertz CT molecular complexity index is 1400. The smallest absolute Gasteiger partial charge is 0.488 e. The summed E-state index contributed by atoms with van der Waals surface area (Å²) in [5.41, 5.74) is 13.3. The van der Waals surface area contributed by atoms with Crippen LogP contribution in [0.3, 0.4) is 0 Å². The Morgan fingerprint density at radius 2 is 1.73 bits per heavy atom. The summed E-state index contributed by atoms with van der Waals surface area (Å²) in [7, 11) is 0. The van der Waals surface area contributed by atoms with Gasteiger partial charge in [-0.3, -0.25) is 4.79 Å². The van der Waals surface area contributed by atoms with E-state index < -0.39 is 24.1 Å². The van der Waals surface area contributed by atoms with Crippen LogP contribution in [0.5, 0.6) is 11.5 Å². The molecule has 1 amide bonds. The molecule has 12 heteroatoms. The van der Waals surface area contributed by atoms with Crippen LogP contribution < -0.4 is 25.8 Å². The van der Waals surface area contributed by atoms with Crippen molar-refractivity contribution in [3.63, 3.8) is 0 Å². The van der Waals surface area contributed by atoms with Crippen molar-refractivity contribution in [1.82, 2.24) is 0 Å². The fourth-order valence-corrected chi connectivity index (χ4v) is 4.21. The minimum Gasteiger partial charge on any atom is -0.488 e. The van der Waals surface area contributed by atoms with E-state index in [2.05, 4.69) is 9.99 Å². The standard InChI is InChI=1S/C29H29F3N4O5/c30-29(31,32)28(38)41-35-26(34)20-13-14-23(39-18-19-9-3-1-4-10-19)21(17-20)25-27(37)36(16-8-2-7-15-33)22-11-5-6-12-24(22)40-25/h1,3-6,9-14,17,25H,2,7-8,15-16,18,33H2,(H2,34,35). The fraction of sp³-hybridized carbons (Fsp3) is 0.276. The van der Waals surface area contributed by atoms with E-state index >= 15 is 0 Å². The molecule has 9 nitrogen and oxygen atoms in total. The largest absolute Gasteiger partial charge is 0.493 e. The molecule has 0 fully saturated rings. The maximum Gasteiger partial charge on any atom is 0.493 e. The van der Waals surface area contributed by atoms with Gasteiger partial charge in [-0.2, -0.15) is 13.2 Å². The number of halogens is 3. The monoisotopic (exact) mass is 570 g/mol. The summed E-state index contributed by atoms with van der Waals surface area (Å²) in [4.78, 5) is 30.5. The number of alkyl halides is 3. The number of para-hydroxylation sites is 2. The van der Waals surface area contributed by atoms with E-state index in [1.165, 1.54) is 18.2 Å². The van der Waals surface area contributed by atoms with Crippen LogP contribution in [0.15, 0.2) is 78.0 Å². The Labute approximate surface area is 234 Å². The van der Waals surface area contributed by atoms with Gasteiger partial charge < -0.3 is 30.7 Å². The number of oxime groups is 1. The molecule has 0 spiro atoms. The molecule has 0 aromatic heterocycles. The molecule has 1 unspecified atom stereocenters. The zero-order valence-electron chi connectivity index (χ0n) is 22.0. The molecule has 216 valence electrons. The molecule has 0 saturated carbocycles. The van der Waals surface area contributed by atoms with Crippen LogP contribution in [0, 0.1) is 0 Å². The third kappa shape index (κ3) is 7.34. The SMILES string of the molecule is NCCCCCN1C(=O)C(c2cc(/C(N)=N/OC(=O)C(F)(F)F)ccc2OCc2ccccc2)Oc2ccccc21. The van der Waals surface area contributed by atoms with Crippen molar-refractivity contribution in [3.8, 4) is 11.5 Å². The van der Waals surface area contributed by atoms with Crippen molar-refractivity contribution >= 4 is 23.4 Å². The van der Waals surface area contributed by atoms with Gasteiger partial charge in [0.25, 0.3) is 5.91 Å². The molecular formula is C29H29F3N4O5. The van der Waals surface area contributed by atoms with Gasteiger partial charge >= 0.3 is 12.1 Å². The van der Waals surface area contributed by atoms with Gasteiger partial charge in [0, 0.05) is 17.7 Å². The van der Waals surface area contributed by atoms with E-state index in [0.717, 1.165) is 18.4 Å². The number of nitrogens with two attached hydrogens (primary N) is 2. The molecule has 0 aliphatic carbocycles. The fourth-order valence-electron chi connectivity index (χ4n) is 4.21. The lowest BCUT2D eigenvalue weighted by Crippen LogP contribution is -2.42. The minimum absolute atomic E-state index is 0.0896. The molecule has 0 bridgehead atoms. The Morgan fingerprint density at radius 3 is 2.46 bits per heavy atom. The van der Waals surface area contributed by atoms with Crippen LogP contribution in [0.25, 0.3) is 0 Å². The quantitative estimate of drug-likeness (QED) is 0.113. The molecule has 4 rings (SSSR count). The summed E-state index contributed by atoms with van der Waals surface area (Å²) in [6.45, 7) is 1.14. The van der Waals surface area contributed by atoms with Crippen LogP contribution in [0.1, 0.15) is 42.1 Å². The Balaban J connectivity index is 1.70. The summed E-state index contributed by atoms with van der Waals surface area (Å²) < 4.78 is 49.9. The maximum absolute atomic E-state index is 13.9. The van der Waals surface area contributed by atoms with E-state index in [-0.39, 0.29) is 23.6 Å². The first-order valence-corrected chi connectivity index (χ1v) is 12.9. The second-order valence-electron chi connectivity index (χ2n) is 9.18. The van der Waals surface area contributed by atoms with Gasteiger partial charge in [0.05, 0.1) is 5.69 Å². The number of hydrogen-bond donors (Lipinski definition) is 2. The summed E-state index contributed by atoms with van der Waals surface area (Å²) >= 11 is 0. The molecule has 3 aromatic carbocycles. The average Bonchev–Trinajstić information content (AvgIpc) is 2.97. The highest BCUT2D eigenvalue weighted by Crippen LogP contribution is 2.41. The molecule has 3 aromatic rings. The van der Waals surface area contributed by atoms with Crippen molar-refractivity contribution in [2.24, 2.45) is 16.6 Å². The van der Waals surface area contributed by atoms with Crippen molar-refractivity contribution < 1.29 is 37.1 Å². The number of nitrogens with zero attached hydrogens (tertiary/aromatic N) is 2. The Kier molecular flexibility index (Phi) is 9.45. The van der Waals surface area contributed by atoms with Crippen molar-refractivity contribution in [1.29, 1.82) is 0 Å². The lowest BCUT2D eigenvalue weighted by Gasteiger charge is -2.35. The molecule has 1 aliphatic heterocycles. The van der Waals surface area contributed by atoms with Gasteiger partial charge in [0.15, 0.2) is 5.84 Å². The number of hydrogen-bond acceptors (Lipinski definition) is 7. The number of anilines is 1. The number of carbonyl (C=O) groups excluding carboxylic acids is 2. The lowest BCUT2D eigenvalue weighted by molar-refractivity contribution is -0.199. The average molecular weight is 571 g/mol. The summed E-state index contributed by atoms with van der Waals surface area (Å²) in [6, 6.07) is 20.8. The predicted octanol–water partition coefficient (Wildman–Crippen LogP) is 4.59. The molecule has 4 N–H and O–H groups in total. The number of rotatable bonds is 11. The molecule has 41 heavy (non-hydrogen) atoms. The van der Waals surface area contributed by atoms with E-state index in [9.17, 15) is 22.8 Å². The normalized spacial score (nSPS) is 15.2. The van der Waals surface area contributed by atoms with Crippen molar-refractivity contribution in [2.45, 2.75) is 38.1 Å². The second kappa shape index (κ2) is 13.2. The van der Waals surface area contributed by atoms with Crippen molar-refractivity contribution in [3.05, 3.63) is 89.5 Å². The van der Waals surface area contributed by atoms with Crippen molar-refractivity contribution in [2.75, 3.05) is 18.0 Å². The third-order valence-corrected chi connectivity index (χ3v) is 6.26. The minimum atomic E-state index is -5.24. The molecule has 0 radical (unpaired) electrons. The molecule has 0 saturated heterocycles. The summed E-state index contributed by atoms with van der Waals surface area (Å²) in [5, 5.41) is 3.14. The first-order valence-electron chi connectivity index (χ1n) is 12.9. The highest BCUT2D eigenvalue weighted by Gasteiger charge is 2.42. The zero-order valence-corrected chi connectivity index (χ0v) is 22.0. The number of amides is 1. The first kappa shape index (κ1) is 29.4. The van der Waals surface area contributed by atoms with E-state index in [1.807, 2.05) is 30.3 Å². The van der Waals surface area contributed by atoms with Gasteiger partial charge in [0.1, 0.15) is 18.1 Å². The van der Waals surface area contributed by atoms with Gasteiger partial charge in [-0.15, -0.1) is 0 Å². The maximum atomic E-state index is 13.9. The van der Waals surface area contributed by atoms with Crippen LogP contribution >= 0.6 is 0 Å². The zero-order chi connectivity index (χ0) is 29.4. The summed E-state index contributed by atoms with van der Waals surface area (Å²) in [6.07, 6.45) is -4.05. The number of amidine groups is 1. The van der Waals surface area contributed by atoms with E-state index in [4.69, 9.17) is 20.9 Å². The topological polar surface area (TPSA) is 129 Å². The first-order chi connectivity index (χ1) is 19.7. The predicted molar refractivity (Wildman–Crippen MR) is 145 cm³/mol. The summed E-state index contributed by atoms with van der Waals surface area (Å²) in [5.74, 6) is -2.64. The molecule has 1 atom stereocenters. The Hall–Kier alpha value is -4.58. The number of benzene rings is 3. The van der Waals surface area contributed by atoms with Gasteiger partial charge in [-0.1, -0.05) is 54.0 Å². The lowest BCUT2D eigenvalue weighted by atomic mass is 10.0. The van der Waals surface area contributed by atoms with Gasteiger partial charge in [-0.25, -0.2) is 4.79 Å². The van der Waals surface area contributed by atoms with Gasteiger partial charge in [-0.05, 0) is 55.3 Å².